The Balaban J connectivity index is 1.55. The number of methoxy groups -OCH3 is 2. The van der Waals surface area contributed by atoms with Gasteiger partial charge in [-0.25, -0.2) is 8.78 Å². The number of nitrogens with zero attached hydrogens (tertiary/aromatic N) is 2. The second-order valence-electron chi connectivity index (χ2n) is 11.0. The van der Waals surface area contributed by atoms with Crippen LogP contribution < -0.4 is 15.2 Å². The Morgan fingerprint density at radius 1 is 1.05 bits per heavy atom. The van der Waals surface area contributed by atoms with Crippen LogP contribution in [0.3, 0.4) is 0 Å². The first-order valence-corrected chi connectivity index (χ1v) is 13.9. The minimum atomic E-state index is -0.624. The number of nitrogens with two attached hydrogens (primary N) is 1. The molecule has 212 valence electrons. The SMILES string of the molecule is COc1ccc(C(=O)N(CC(C)=Cc2ccc(F)cc2F)C[C@@H]2CCCN2CC2CCC(N)CC2)cc1OC. The number of hydrogen-bond acceptors (Lipinski definition) is 5. The van der Waals surface area contributed by atoms with E-state index in [1.54, 1.807) is 38.5 Å². The van der Waals surface area contributed by atoms with Crippen LogP contribution in [0.25, 0.3) is 6.08 Å². The van der Waals surface area contributed by atoms with Crippen molar-refractivity contribution in [1.82, 2.24) is 9.80 Å². The summed E-state index contributed by atoms with van der Waals surface area (Å²) in [6, 6.07) is 9.28. The van der Waals surface area contributed by atoms with Crippen LogP contribution >= 0.6 is 0 Å². The molecule has 39 heavy (non-hydrogen) atoms. The second-order valence-corrected chi connectivity index (χ2v) is 11.0. The molecule has 0 radical (unpaired) electrons. The van der Waals surface area contributed by atoms with Crippen LogP contribution in [0.15, 0.2) is 42.0 Å². The van der Waals surface area contributed by atoms with E-state index in [4.69, 9.17) is 15.2 Å². The number of hydrogen-bond donors (Lipinski definition) is 1. The third kappa shape index (κ3) is 7.57. The highest BCUT2D eigenvalue weighted by Gasteiger charge is 2.31. The number of carbonyl (C=O) groups excluding carboxylic acids is 1. The molecule has 2 aliphatic rings. The van der Waals surface area contributed by atoms with E-state index in [1.807, 2.05) is 11.8 Å². The standard InChI is InChI=1S/C31H41F2N3O3/c1-21(15-23-8-10-25(32)17-28(23)33)18-36(31(37)24-9-13-29(38-2)30(16-24)39-3)20-27-5-4-14-35(27)19-22-6-11-26(34)12-7-22/h8-10,13,15-17,22,26-27H,4-7,11-12,14,18-20,34H2,1-3H3/t22?,26?,27-/m0/s1. The molecule has 1 heterocycles. The van der Waals surface area contributed by atoms with Gasteiger partial charge in [0.05, 0.1) is 14.2 Å². The monoisotopic (exact) mass is 541 g/mol. The zero-order valence-corrected chi connectivity index (χ0v) is 23.3. The lowest BCUT2D eigenvalue weighted by atomic mass is 9.86. The van der Waals surface area contributed by atoms with Gasteiger partial charge in [0.2, 0.25) is 0 Å². The maximum Gasteiger partial charge on any atom is 0.254 e. The summed E-state index contributed by atoms with van der Waals surface area (Å²) in [5, 5.41) is 0. The highest BCUT2D eigenvalue weighted by molar-refractivity contribution is 5.95. The first-order chi connectivity index (χ1) is 18.8. The first kappa shape index (κ1) is 29.0. The quantitative estimate of drug-likeness (QED) is 0.430. The zero-order valence-electron chi connectivity index (χ0n) is 23.3. The summed E-state index contributed by atoms with van der Waals surface area (Å²) in [5.74, 6) is 0.317. The number of rotatable bonds is 10. The van der Waals surface area contributed by atoms with E-state index in [0.29, 0.717) is 47.7 Å². The van der Waals surface area contributed by atoms with E-state index in [9.17, 15) is 13.6 Å². The van der Waals surface area contributed by atoms with E-state index in [2.05, 4.69) is 4.90 Å². The fourth-order valence-electron chi connectivity index (χ4n) is 5.90. The summed E-state index contributed by atoms with van der Waals surface area (Å²) in [5.41, 5.74) is 7.72. The maximum atomic E-state index is 14.3. The number of benzene rings is 2. The van der Waals surface area contributed by atoms with Gasteiger partial charge in [-0.05, 0) is 88.2 Å². The Hall–Kier alpha value is -2.97. The van der Waals surface area contributed by atoms with Crippen molar-refractivity contribution in [2.24, 2.45) is 11.7 Å². The predicted octanol–water partition coefficient (Wildman–Crippen LogP) is 5.51. The summed E-state index contributed by atoms with van der Waals surface area (Å²) in [4.78, 5) is 18.3. The number of likely N-dealkylation sites (tertiary alicyclic amines) is 1. The van der Waals surface area contributed by atoms with Crippen LogP contribution in [0.5, 0.6) is 11.5 Å². The molecule has 0 bridgehead atoms. The van der Waals surface area contributed by atoms with Crippen molar-refractivity contribution in [1.29, 1.82) is 0 Å². The van der Waals surface area contributed by atoms with Crippen LogP contribution in [0.4, 0.5) is 8.78 Å². The van der Waals surface area contributed by atoms with E-state index < -0.39 is 11.6 Å². The van der Waals surface area contributed by atoms with E-state index in [0.717, 1.165) is 63.3 Å². The van der Waals surface area contributed by atoms with E-state index in [1.165, 1.54) is 12.1 Å². The highest BCUT2D eigenvalue weighted by Crippen LogP contribution is 2.30. The lowest BCUT2D eigenvalue weighted by molar-refractivity contribution is 0.0708. The van der Waals surface area contributed by atoms with Gasteiger partial charge in [-0.1, -0.05) is 11.6 Å². The number of ether oxygens (including phenoxy) is 2. The molecule has 2 fully saturated rings. The Kier molecular flexibility index (Phi) is 9.97. The minimum Gasteiger partial charge on any atom is -0.493 e. The van der Waals surface area contributed by atoms with Gasteiger partial charge in [0.1, 0.15) is 11.6 Å². The molecule has 1 amide bonds. The molecule has 6 nitrogen and oxygen atoms in total. The molecule has 1 saturated carbocycles. The number of carbonyl (C=O) groups is 1. The lowest BCUT2D eigenvalue weighted by Crippen LogP contribution is -2.45. The van der Waals surface area contributed by atoms with E-state index >= 15 is 0 Å². The molecule has 0 aromatic heterocycles. The summed E-state index contributed by atoms with van der Waals surface area (Å²) in [6.45, 7) is 4.82. The third-order valence-electron chi connectivity index (χ3n) is 8.04. The average Bonchev–Trinajstić information content (AvgIpc) is 3.36. The number of amides is 1. The Bertz CT molecular complexity index is 1160. The molecule has 1 saturated heterocycles. The van der Waals surface area contributed by atoms with Crippen molar-refractivity contribution in [3.63, 3.8) is 0 Å². The molecule has 1 atom stereocenters. The fraction of sp³-hybridized carbons (Fsp3) is 0.516. The van der Waals surface area contributed by atoms with Gasteiger partial charge in [-0.15, -0.1) is 0 Å². The Labute approximate surface area is 230 Å². The molecule has 1 aliphatic heterocycles. The predicted molar refractivity (Wildman–Crippen MR) is 150 cm³/mol. The van der Waals surface area contributed by atoms with Crippen molar-refractivity contribution >= 4 is 12.0 Å². The molecule has 0 spiro atoms. The first-order valence-electron chi connectivity index (χ1n) is 13.9. The van der Waals surface area contributed by atoms with Gasteiger partial charge >= 0.3 is 0 Å². The smallest absolute Gasteiger partial charge is 0.254 e. The van der Waals surface area contributed by atoms with Gasteiger partial charge in [-0.2, -0.15) is 0 Å². The molecule has 2 aromatic rings. The molecule has 0 unspecified atom stereocenters. The number of halogens is 2. The van der Waals surface area contributed by atoms with Gasteiger partial charge in [0.15, 0.2) is 11.5 Å². The topological polar surface area (TPSA) is 68.0 Å². The van der Waals surface area contributed by atoms with Crippen molar-refractivity contribution < 1.29 is 23.0 Å². The summed E-state index contributed by atoms with van der Waals surface area (Å²) in [6.07, 6.45) is 8.28. The lowest BCUT2D eigenvalue weighted by Gasteiger charge is -2.35. The third-order valence-corrected chi connectivity index (χ3v) is 8.04. The second kappa shape index (κ2) is 13.4. The van der Waals surface area contributed by atoms with Gasteiger partial charge in [0.25, 0.3) is 5.91 Å². The van der Waals surface area contributed by atoms with E-state index in [-0.39, 0.29) is 11.9 Å². The van der Waals surface area contributed by atoms with Gasteiger partial charge < -0.3 is 20.1 Å². The average molecular weight is 542 g/mol. The van der Waals surface area contributed by atoms with Gasteiger partial charge in [-0.3, -0.25) is 9.69 Å². The van der Waals surface area contributed by atoms with Crippen molar-refractivity contribution in [2.75, 3.05) is 40.4 Å². The van der Waals surface area contributed by atoms with Crippen LogP contribution in [-0.2, 0) is 0 Å². The molecule has 1 aliphatic carbocycles. The van der Waals surface area contributed by atoms with Crippen molar-refractivity contribution in [2.45, 2.75) is 57.5 Å². The minimum absolute atomic E-state index is 0.126. The molecule has 4 rings (SSSR count). The summed E-state index contributed by atoms with van der Waals surface area (Å²) in [7, 11) is 3.10. The van der Waals surface area contributed by atoms with Gasteiger partial charge in [0, 0.05) is 48.9 Å². The van der Waals surface area contributed by atoms with Crippen molar-refractivity contribution in [3.05, 3.63) is 64.7 Å². The highest BCUT2D eigenvalue weighted by atomic mass is 19.1. The van der Waals surface area contributed by atoms with Crippen LogP contribution in [0.2, 0.25) is 0 Å². The summed E-state index contributed by atoms with van der Waals surface area (Å²) < 4.78 is 38.5. The maximum absolute atomic E-state index is 14.3. The Morgan fingerprint density at radius 2 is 1.79 bits per heavy atom. The van der Waals surface area contributed by atoms with Crippen LogP contribution in [-0.4, -0.2) is 68.2 Å². The largest absolute Gasteiger partial charge is 0.493 e. The zero-order chi connectivity index (χ0) is 27.9. The van der Waals surface area contributed by atoms with Crippen LogP contribution in [0.1, 0.15) is 61.4 Å². The molecule has 8 heteroatoms. The Morgan fingerprint density at radius 3 is 2.49 bits per heavy atom. The van der Waals surface area contributed by atoms with Crippen molar-refractivity contribution in [3.8, 4) is 11.5 Å². The molecular weight excluding hydrogens is 500 g/mol. The molecule has 2 aromatic carbocycles. The summed E-state index contributed by atoms with van der Waals surface area (Å²) >= 11 is 0. The molecular formula is C31H41F2N3O3. The molecule has 2 N–H and O–H groups in total. The normalized spacial score (nSPS) is 22.1. The van der Waals surface area contributed by atoms with Crippen LogP contribution in [0, 0.1) is 17.6 Å². The fourth-order valence-corrected chi connectivity index (χ4v) is 5.90.